The van der Waals surface area contributed by atoms with Crippen LogP contribution in [0.25, 0.3) is 0 Å². The summed E-state index contributed by atoms with van der Waals surface area (Å²) in [6, 6.07) is 4.77. The summed E-state index contributed by atoms with van der Waals surface area (Å²) in [5.41, 5.74) is 5.84. The number of nitrogens with two attached hydrogens (primary N) is 1. The third kappa shape index (κ3) is 3.68. The van der Waals surface area contributed by atoms with Crippen LogP contribution in [0.3, 0.4) is 0 Å². The van der Waals surface area contributed by atoms with Crippen molar-refractivity contribution in [2.24, 2.45) is 5.73 Å². The Morgan fingerprint density at radius 3 is 2.24 bits per heavy atom. The molecule has 0 aromatic heterocycles. The number of benzene rings is 1. The van der Waals surface area contributed by atoms with Crippen LogP contribution in [0.5, 0.6) is 0 Å². The topological polar surface area (TPSA) is 32.5 Å². The molecule has 6 heteroatoms. The van der Waals surface area contributed by atoms with E-state index in [1.807, 2.05) is 0 Å². The molecule has 1 aromatic carbocycles. The van der Waals surface area contributed by atoms with Crippen LogP contribution in [0.4, 0.5) is 18.9 Å². The predicted octanol–water partition coefficient (Wildman–Crippen LogP) is 2.69. The molecular formula is C15H22F3N3. The molecule has 0 bridgehead atoms. The predicted molar refractivity (Wildman–Crippen MR) is 78.3 cm³/mol. The summed E-state index contributed by atoms with van der Waals surface area (Å²) in [5.74, 6) is 0. The van der Waals surface area contributed by atoms with E-state index in [2.05, 4.69) is 23.6 Å². The van der Waals surface area contributed by atoms with Gasteiger partial charge < -0.3 is 10.6 Å². The minimum absolute atomic E-state index is 0.103. The van der Waals surface area contributed by atoms with E-state index in [4.69, 9.17) is 5.73 Å². The fourth-order valence-electron chi connectivity index (χ4n) is 2.72. The van der Waals surface area contributed by atoms with Crippen molar-refractivity contribution in [2.75, 3.05) is 31.1 Å². The fourth-order valence-corrected chi connectivity index (χ4v) is 2.72. The maximum atomic E-state index is 12.9. The van der Waals surface area contributed by atoms with E-state index in [0.717, 1.165) is 37.9 Å². The molecular weight excluding hydrogens is 279 g/mol. The highest BCUT2D eigenvalue weighted by molar-refractivity contribution is 5.52. The molecule has 1 aromatic rings. The number of piperazine rings is 1. The average molecular weight is 301 g/mol. The molecule has 0 spiro atoms. The Morgan fingerprint density at radius 1 is 1.14 bits per heavy atom. The van der Waals surface area contributed by atoms with Gasteiger partial charge in [0.25, 0.3) is 0 Å². The maximum absolute atomic E-state index is 12.9. The van der Waals surface area contributed by atoms with Crippen LogP contribution in [-0.4, -0.2) is 37.1 Å². The molecule has 0 unspecified atom stereocenters. The van der Waals surface area contributed by atoms with Gasteiger partial charge in [-0.1, -0.05) is 0 Å². The molecule has 1 aliphatic heterocycles. The van der Waals surface area contributed by atoms with E-state index in [0.29, 0.717) is 6.04 Å². The van der Waals surface area contributed by atoms with Gasteiger partial charge >= 0.3 is 6.18 Å². The van der Waals surface area contributed by atoms with Gasteiger partial charge in [0.2, 0.25) is 0 Å². The molecule has 0 atom stereocenters. The smallest absolute Gasteiger partial charge is 0.369 e. The highest BCUT2D eigenvalue weighted by Gasteiger charge is 2.33. The van der Waals surface area contributed by atoms with Crippen molar-refractivity contribution in [1.82, 2.24) is 4.90 Å². The van der Waals surface area contributed by atoms with Gasteiger partial charge in [0, 0.05) is 44.5 Å². The monoisotopic (exact) mass is 301 g/mol. The Kier molecular flexibility index (Phi) is 4.78. The lowest BCUT2D eigenvalue weighted by Gasteiger charge is -2.38. The number of halogens is 3. The van der Waals surface area contributed by atoms with Gasteiger partial charge in [-0.15, -0.1) is 0 Å². The molecule has 2 rings (SSSR count). The zero-order valence-corrected chi connectivity index (χ0v) is 12.5. The van der Waals surface area contributed by atoms with Crippen LogP contribution in [0, 0.1) is 0 Å². The van der Waals surface area contributed by atoms with Gasteiger partial charge in [0.05, 0.1) is 5.56 Å². The highest BCUT2D eigenvalue weighted by Crippen LogP contribution is 2.34. The summed E-state index contributed by atoms with van der Waals surface area (Å²) in [6.45, 7) is 7.71. The van der Waals surface area contributed by atoms with Crippen molar-refractivity contribution in [3.8, 4) is 0 Å². The van der Waals surface area contributed by atoms with Crippen LogP contribution >= 0.6 is 0 Å². The maximum Gasteiger partial charge on any atom is 0.416 e. The normalized spacial score (nSPS) is 17.6. The number of hydrogen-bond donors (Lipinski definition) is 1. The lowest BCUT2D eigenvalue weighted by atomic mass is 10.1. The van der Waals surface area contributed by atoms with Crippen LogP contribution < -0.4 is 10.6 Å². The standard InChI is InChI=1S/C15H22F3N3/c1-11(2)20-5-7-21(8-6-20)13-3-4-14(15(16,17)18)12(9-13)10-19/h3-4,9,11H,5-8,10,19H2,1-2H3. The largest absolute Gasteiger partial charge is 0.416 e. The average Bonchev–Trinajstić information content (AvgIpc) is 2.45. The third-order valence-corrected chi connectivity index (χ3v) is 4.02. The second-order valence-electron chi connectivity index (χ2n) is 5.66. The second kappa shape index (κ2) is 6.23. The molecule has 1 fully saturated rings. The van der Waals surface area contributed by atoms with Crippen LogP contribution in [-0.2, 0) is 12.7 Å². The fraction of sp³-hybridized carbons (Fsp3) is 0.600. The van der Waals surface area contributed by atoms with E-state index in [-0.39, 0.29) is 12.1 Å². The van der Waals surface area contributed by atoms with Gasteiger partial charge in [0.15, 0.2) is 0 Å². The van der Waals surface area contributed by atoms with Crippen LogP contribution in [0.15, 0.2) is 18.2 Å². The van der Waals surface area contributed by atoms with Crippen molar-refractivity contribution in [1.29, 1.82) is 0 Å². The minimum Gasteiger partial charge on any atom is -0.369 e. The first-order valence-electron chi connectivity index (χ1n) is 7.22. The first kappa shape index (κ1) is 16.1. The minimum atomic E-state index is -4.34. The summed E-state index contributed by atoms with van der Waals surface area (Å²) in [6.07, 6.45) is -4.34. The third-order valence-electron chi connectivity index (χ3n) is 4.02. The Labute approximate surface area is 123 Å². The Balaban J connectivity index is 2.15. The molecule has 1 saturated heterocycles. The van der Waals surface area contributed by atoms with Crippen LogP contribution in [0.1, 0.15) is 25.0 Å². The molecule has 0 radical (unpaired) electrons. The summed E-state index contributed by atoms with van der Waals surface area (Å²) >= 11 is 0. The molecule has 1 heterocycles. The van der Waals surface area contributed by atoms with Gasteiger partial charge in [-0.05, 0) is 37.6 Å². The molecule has 0 aliphatic carbocycles. The zero-order valence-electron chi connectivity index (χ0n) is 12.5. The van der Waals surface area contributed by atoms with Crippen LogP contribution in [0.2, 0.25) is 0 Å². The first-order valence-corrected chi connectivity index (χ1v) is 7.22. The molecule has 2 N–H and O–H groups in total. The van der Waals surface area contributed by atoms with E-state index in [1.165, 1.54) is 0 Å². The SMILES string of the molecule is CC(C)N1CCN(c2ccc(C(F)(F)F)c(CN)c2)CC1. The number of hydrogen-bond acceptors (Lipinski definition) is 3. The first-order chi connectivity index (χ1) is 9.82. The van der Waals surface area contributed by atoms with Crippen molar-refractivity contribution < 1.29 is 13.2 Å². The zero-order chi connectivity index (χ0) is 15.6. The molecule has 1 aliphatic rings. The molecule has 118 valence electrons. The van der Waals surface area contributed by atoms with E-state index in [9.17, 15) is 13.2 Å². The Hall–Kier alpha value is -1.27. The van der Waals surface area contributed by atoms with Gasteiger partial charge in [0.1, 0.15) is 0 Å². The molecule has 0 saturated carbocycles. The lowest BCUT2D eigenvalue weighted by molar-refractivity contribution is -0.138. The highest BCUT2D eigenvalue weighted by atomic mass is 19.4. The lowest BCUT2D eigenvalue weighted by Crippen LogP contribution is -2.48. The van der Waals surface area contributed by atoms with Crippen molar-refractivity contribution in [2.45, 2.75) is 32.6 Å². The summed E-state index contributed by atoms with van der Waals surface area (Å²) in [7, 11) is 0. The Morgan fingerprint density at radius 2 is 1.76 bits per heavy atom. The summed E-state index contributed by atoms with van der Waals surface area (Å²) < 4.78 is 38.6. The summed E-state index contributed by atoms with van der Waals surface area (Å²) in [5, 5.41) is 0. The number of alkyl halides is 3. The molecule has 0 amide bonds. The van der Waals surface area contributed by atoms with E-state index >= 15 is 0 Å². The van der Waals surface area contributed by atoms with E-state index < -0.39 is 11.7 Å². The number of nitrogens with zero attached hydrogens (tertiary/aromatic N) is 2. The van der Waals surface area contributed by atoms with Crippen molar-refractivity contribution >= 4 is 5.69 Å². The second-order valence-corrected chi connectivity index (χ2v) is 5.66. The van der Waals surface area contributed by atoms with E-state index in [1.54, 1.807) is 12.1 Å². The number of anilines is 1. The van der Waals surface area contributed by atoms with Gasteiger partial charge in [-0.2, -0.15) is 13.2 Å². The molecule has 21 heavy (non-hydrogen) atoms. The summed E-state index contributed by atoms with van der Waals surface area (Å²) in [4.78, 5) is 4.49. The van der Waals surface area contributed by atoms with Gasteiger partial charge in [-0.25, -0.2) is 0 Å². The van der Waals surface area contributed by atoms with Crippen molar-refractivity contribution in [3.63, 3.8) is 0 Å². The number of rotatable bonds is 3. The Bertz CT molecular complexity index is 478. The van der Waals surface area contributed by atoms with Gasteiger partial charge in [-0.3, -0.25) is 4.90 Å². The molecule has 3 nitrogen and oxygen atoms in total. The quantitative estimate of drug-likeness (QED) is 0.931. The van der Waals surface area contributed by atoms with Crippen molar-refractivity contribution in [3.05, 3.63) is 29.3 Å².